The van der Waals surface area contributed by atoms with E-state index in [2.05, 4.69) is 11.2 Å². The molecule has 0 aromatic heterocycles. The Balaban J connectivity index is 2.12. The third-order valence-electron chi connectivity index (χ3n) is 3.16. The van der Waals surface area contributed by atoms with Crippen LogP contribution in [0.5, 0.6) is 0 Å². The van der Waals surface area contributed by atoms with E-state index < -0.39 is 5.60 Å². The molecule has 21 heavy (non-hydrogen) atoms. The van der Waals surface area contributed by atoms with Crippen molar-refractivity contribution in [1.29, 1.82) is 0 Å². The fourth-order valence-corrected chi connectivity index (χ4v) is 2.25. The number of carbonyl (C=O) groups excluding carboxylic acids is 1. The standard InChI is InChI=1S/C16H27NO4/c1-5-10-19-11-12-20-14-8-6-13(7-9-14)17-15(18)21-16(2,3)4/h1,13-14H,6-12H2,2-4H3,(H,17,18). The second-order valence-electron chi connectivity index (χ2n) is 6.25. The molecule has 5 nitrogen and oxygen atoms in total. The highest BCUT2D eigenvalue weighted by atomic mass is 16.6. The molecule has 1 amide bonds. The highest BCUT2D eigenvalue weighted by Gasteiger charge is 2.24. The van der Waals surface area contributed by atoms with E-state index in [4.69, 9.17) is 20.6 Å². The van der Waals surface area contributed by atoms with Crippen molar-refractivity contribution in [2.45, 2.75) is 64.2 Å². The molecular formula is C16H27NO4. The fourth-order valence-electron chi connectivity index (χ4n) is 2.25. The molecule has 0 saturated heterocycles. The van der Waals surface area contributed by atoms with Gasteiger partial charge in [-0.1, -0.05) is 5.92 Å². The molecule has 1 N–H and O–H groups in total. The summed E-state index contributed by atoms with van der Waals surface area (Å²) < 4.78 is 16.1. The molecule has 0 aliphatic heterocycles. The Labute approximate surface area is 127 Å². The summed E-state index contributed by atoms with van der Waals surface area (Å²) in [5.74, 6) is 2.42. The lowest BCUT2D eigenvalue weighted by atomic mass is 9.93. The Bertz CT molecular complexity index is 348. The van der Waals surface area contributed by atoms with E-state index in [1.165, 1.54) is 0 Å². The zero-order chi connectivity index (χ0) is 15.7. The molecule has 1 saturated carbocycles. The molecule has 120 valence electrons. The van der Waals surface area contributed by atoms with Crippen LogP contribution in [0.15, 0.2) is 0 Å². The predicted octanol–water partition coefficient (Wildman–Crippen LogP) is 2.49. The minimum Gasteiger partial charge on any atom is -0.444 e. The molecule has 0 aromatic carbocycles. The molecule has 0 atom stereocenters. The largest absolute Gasteiger partial charge is 0.444 e. The van der Waals surface area contributed by atoms with E-state index in [9.17, 15) is 4.79 Å². The number of rotatable bonds is 6. The highest BCUT2D eigenvalue weighted by Crippen LogP contribution is 2.21. The molecular weight excluding hydrogens is 270 g/mol. The van der Waals surface area contributed by atoms with E-state index in [1.54, 1.807) is 0 Å². The Kier molecular flexibility index (Phi) is 7.55. The molecule has 0 bridgehead atoms. The molecule has 0 unspecified atom stereocenters. The predicted molar refractivity (Wildman–Crippen MR) is 81.0 cm³/mol. The number of amides is 1. The van der Waals surface area contributed by atoms with Crippen LogP contribution in [0.1, 0.15) is 46.5 Å². The Morgan fingerprint density at radius 2 is 1.90 bits per heavy atom. The van der Waals surface area contributed by atoms with Crippen LogP contribution in [0.3, 0.4) is 0 Å². The third-order valence-corrected chi connectivity index (χ3v) is 3.16. The van der Waals surface area contributed by atoms with Gasteiger partial charge in [-0.3, -0.25) is 0 Å². The first kappa shape index (κ1) is 17.8. The Morgan fingerprint density at radius 3 is 2.48 bits per heavy atom. The van der Waals surface area contributed by atoms with Crippen LogP contribution >= 0.6 is 0 Å². The van der Waals surface area contributed by atoms with E-state index in [-0.39, 0.29) is 18.2 Å². The third kappa shape index (κ3) is 8.59. The Morgan fingerprint density at radius 1 is 1.24 bits per heavy atom. The number of ether oxygens (including phenoxy) is 3. The lowest BCUT2D eigenvalue weighted by Gasteiger charge is -2.30. The monoisotopic (exact) mass is 297 g/mol. The molecule has 0 heterocycles. The van der Waals surface area contributed by atoms with Crippen molar-refractivity contribution in [2.24, 2.45) is 0 Å². The molecule has 1 rings (SSSR count). The molecule has 1 fully saturated rings. The molecule has 5 heteroatoms. The van der Waals surface area contributed by atoms with Crippen molar-refractivity contribution in [3.05, 3.63) is 0 Å². The van der Waals surface area contributed by atoms with E-state index in [0.29, 0.717) is 19.8 Å². The summed E-state index contributed by atoms with van der Waals surface area (Å²) in [5.41, 5.74) is -0.456. The smallest absolute Gasteiger partial charge is 0.407 e. The molecule has 0 spiro atoms. The van der Waals surface area contributed by atoms with Gasteiger partial charge in [-0.05, 0) is 46.5 Å². The number of alkyl carbamates (subject to hydrolysis) is 1. The van der Waals surface area contributed by atoms with E-state index >= 15 is 0 Å². The van der Waals surface area contributed by atoms with Crippen LogP contribution in [0.4, 0.5) is 4.79 Å². The van der Waals surface area contributed by atoms with Gasteiger partial charge in [0.2, 0.25) is 0 Å². The Hall–Kier alpha value is -1.25. The maximum atomic E-state index is 11.7. The van der Waals surface area contributed by atoms with Gasteiger partial charge in [0.1, 0.15) is 12.2 Å². The average molecular weight is 297 g/mol. The maximum Gasteiger partial charge on any atom is 0.407 e. The van der Waals surface area contributed by atoms with Gasteiger partial charge in [-0.25, -0.2) is 4.79 Å². The molecule has 1 aliphatic rings. The summed E-state index contributed by atoms with van der Waals surface area (Å²) in [4.78, 5) is 11.7. The van der Waals surface area contributed by atoms with Crippen molar-refractivity contribution >= 4 is 6.09 Å². The number of terminal acetylenes is 1. The molecule has 1 aliphatic carbocycles. The van der Waals surface area contributed by atoms with Crippen LogP contribution in [0, 0.1) is 12.3 Å². The fraction of sp³-hybridized carbons (Fsp3) is 0.812. The minimum absolute atomic E-state index is 0.178. The summed E-state index contributed by atoms with van der Waals surface area (Å²) in [6.07, 6.45) is 8.70. The van der Waals surface area contributed by atoms with Crippen molar-refractivity contribution in [3.8, 4) is 12.3 Å². The summed E-state index contributed by atoms with van der Waals surface area (Å²) in [6.45, 7) is 7.01. The summed E-state index contributed by atoms with van der Waals surface area (Å²) in [7, 11) is 0. The van der Waals surface area contributed by atoms with E-state index in [1.807, 2.05) is 20.8 Å². The summed E-state index contributed by atoms with van der Waals surface area (Å²) in [5, 5.41) is 2.92. The van der Waals surface area contributed by atoms with Gasteiger partial charge in [0.15, 0.2) is 0 Å². The van der Waals surface area contributed by atoms with Crippen LogP contribution in [-0.4, -0.2) is 43.7 Å². The van der Waals surface area contributed by atoms with Gasteiger partial charge in [0, 0.05) is 6.04 Å². The second kappa shape index (κ2) is 8.91. The number of hydrogen-bond donors (Lipinski definition) is 1. The quantitative estimate of drug-likeness (QED) is 0.604. The first-order chi connectivity index (χ1) is 9.90. The van der Waals surface area contributed by atoms with Crippen LogP contribution < -0.4 is 5.32 Å². The molecule has 0 radical (unpaired) electrons. The van der Waals surface area contributed by atoms with Gasteiger partial charge >= 0.3 is 6.09 Å². The summed E-state index contributed by atoms with van der Waals surface area (Å²) >= 11 is 0. The second-order valence-corrected chi connectivity index (χ2v) is 6.25. The van der Waals surface area contributed by atoms with Gasteiger partial charge in [0.05, 0.1) is 19.3 Å². The van der Waals surface area contributed by atoms with Gasteiger partial charge in [-0.2, -0.15) is 0 Å². The lowest BCUT2D eigenvalue weighted by Crippen LogP contribution is -2.42. The SMILES string of the molecule is C#CCOCCOC1CCC(NC(=O)OC(C)(C)C)CC1. The van der Waals surface area contributed by atoms with Crippen molar-refractivity contribution < 1.29 is 19.0 Å². The van der Waals surface area contributed by atoms with Crippen molar-refractivity contribution in [3.63, 3.8) is 0 Å². The highest BCUT2D eigenvalue weighted by molar-refractivity contribution is 5.68. The zero-order valence-electron chi connectivity index (χ0n) is 13.3. The van der Waals surface area contributed by atoms with Crippen molar-refractivity contribution in [1.82, 2.24) is 5.32 Å². The lowest BCUT2D eigenvalue weighted by molar-refractivity contribution is -0.00968. The number of hydrogen-bond acceptors (Lipinski definition) is 4. The van der Waals surface area contributed by atoms with Crippen molar-refractivity contribution in [2.75, 3.05) is 19.8 Å². The van der Waals surface area contributed by atoms with Gasteiger partial charge in [-0.15, -0.1) is 6.42 Å². The topological polar surface area (TPSA) is 56.8 Å². The minimum atomic E-state index is -0.456. The van der Waals surface area contributed by atoms with Crippen LogP contribution in [0.2, 0.25) is 0 Å². The first-order valence-electron chi connectivity index (χ1n) is 7.53. The van der Waals surface area contributed by atoms with Gasteiger partial charge in [0.25, 0.3) is 0 Å². The first-order valence-corrected chi connectivity index (χ1v) is 7.53. The number of carbonyl (C=O) groups is 1. The zero-order valence-corrected chi connectivity index (χ0v) is 13.3. The molecule has 0 aromatic rings. The van der Waals surface area contributed by atoms with Crippen LogP contribution in [0.25, 0.3) is 0 Å². The summed E-state index contributed by atoms with van der Waals surface area (Å²) in [6, 6.07) is 0.178. The maximum absolute atomic E-state index is 11.7. The van der Waals surface area contributed by atoms with E-state index in [0.717, 1.165) is 25.7 Å². The number of nitrogens with one attached hydrogen (secondary N) is 1. The average Bonchev–Trinajstić information content (AvgIpc) is 2.38. The van der Waals surface area contributed by atoms with Gasteiger partial charge < -0.3 is 19.5 Å². The normalized spacial score (nSPS) is 22.4. The van der Waals surface area contributed by atoms with Crippen LogP contribution in [-0.2, 0) is 14.2 Å².